The van der Waals surface area contributed by atoms with Gasteiger partial charge in [0.1, 0.15) is 13.2 Å². The molecule has 3 nitrogen and oxygen atoms in total. The summed E-state index contributed by atoms with van der Waals surface area (Å²) in [5, 5.41) is 0. The lowest BCUT2D eigenvalue weighted by atomic mass is 10.0. The van der Waals surface area contributed by atoms with Crippen LogP contribution >= 0.6 is 15.9 Å². The highest BCUT2D eigenvalue weighted by Crippen LogP contribution is 2.34. The van der Waals surface area contributed by atoms with Gasteiger partial charge in [-0.05, 0) is 29.8 Å². The molecular weight excluding hydrogens is 320 g/mol. The molecular formula is C16H13BrO3. The standard InChI is InChI=1S/C16H13BrO3/c17-12-6-4-11(5-7-12)10-14(18)13-2-1-3-15-16(13)20-9-8-19-15/h1-7H,8-10H2. The van der Waals surface area contributed by atoms with E-state index in [0.29, 0.717) is 36.7 Å². The van der Waals surface area contributed by atoms with Gasteiger partial charge in [0.25, 0.3) is 0 Å². The van der Waals surface area contributed by atoms with Crippen molar-refractivity contribution in [3.8, 4) is 11.5 Å². The second-order valence-corrected chi connectivity index (χ2v) is 5.47. The molecule has 0 unspecified atom stereocenters. The Balaban J connectivity index is 1.85. The van der Waals surface area contributed by atoms with E-state index < -0.39 is 0 Å². The van der Waals surface area contributed by atoms with Gasteiger partial charge in [0.05, 0.1) is 5.56 Å². The van der Waals surface area contributed by atoms with E-state index in [4.69, 9.17) is 9.47 Å². The topological polar surface area (TPSA) is 35.5 Å². The molecule has 0 saturated carbocycles. The number of para-hydroxylation sites is 1. The van der Waals surface area contributed by atoms with Crippen LogP contribution in [0.15, 0.2) is 46.9 Å². The minimum absolute atomic E-state index is 0.0367. The van der Waals surface area contributed by atoms with E-state index in [0.717, 1.165) is 10.0 Å². The zero-order valence-electron chi connectivity index (χ0n) is 10.8. The number of Topliss-reactive ketones (excluding diaryl/α,β-unsaturated/α-hetero) is 1. The van der Waals surface area contributed by atoms with Gasteiger partial charge in [0, 0.05) is 10.9 Å². The first-order valence-electron chi connectivity index (χ1n) is 6.40. The number of halogens is 1. The van der Waals surface area contributed by atoms with Crippen LogP contribution in [0.4, 0.5) is 0 Å². The Kier molecular flexibility index (Phi) is 3.74. The lowest BCUT2D eigenvalue weighted by Gasteiger charge is -2.20. The van der Waals surface area contributed by atoms with Gasteiger partial charge in [0.15, 0.2) is 17.3 Å². The zero-order chi connectivity index (χ0) is 13.9. The molecule has 102 valence electrons. The Bertz CT molecular complexity index is 635. The van der Waals surface area contributed by atoms with Crippen molar-refractivity contribution in [1.82, 2.24) is 0 Å². The second kappa shape index (κ2) is 5.67. The second-order valence-electron chi connectivity index (χ2n) is 4.56. The van der Waals surface area contributed by atoms with Gasteiger partial charge < -0.3 is 9.47 Å². The normalized spacial score (nSPS) is 13.1. The third kappa shape index (κ3) is 2.70. The zero-order valence-corrected chi connectivity index (χ0v) is 12.4. The van der Waals surface area contributed by atoms with Crippen LogP contribution in [0.1, 0.15) is 15.9 Å². The van der Waals surface area contributed by atoms with Crippen LogP contribution in [-0.2, 0) is 6.42 Å². The van der Waals surface area contributed by atoms with Crippen LogP contribution in [0.2, 0.25) is 0 Å². The first-order chi connectivity index (χ1) is 9.74. The average molecular weight is 333 g/mol. The fourth-order valence-corrected chi connectivity index (χ4v) is 2.44. The first kappa shape index (κ1) is 13.2. The van der Waals surface area contributed by atoms with E-state index in [2.05, 4.69) is 15.9 Å². The molecule has 0 aliphatic carbocycles. The lowest BCUT2D eigenvalue weighted by molar-refractivity contribution is 0.0982. The Morgan fingerprint density at radius 2 is 1.80 bits per heavy atom. The molecule has 0 fully saturated rings. The fourth-order valence-electron chi connectivity index (χ4n) is 2.18. The Labute approximate surface area is 125 Å². The van der Waals surface area contributed by atoms with Gasteiger partial charge in [-0.2, -0.15) is 0 Å². The van der Waals surface area contributed by atoms with Gasteiger partial charge in [0.2, 0.25) is 0 Å². The number of rotatable bonds is 3. The largest absolute Gasteiger partial charge is 0.486 e. The van der Waals surface area contributed by atoms with Crippen molar-refractivity contribution in [2.45, 2.75) is 6.42 Å². The molecule has 0 radical (unpaired) electrons. The maximum Gasteiger partial charge on any atom is 0.172 e. The van der Waals surface area contributed by atoms with Crippen molar-refractivity contribution in [3.05, 3.63) is 58.1 Å². The lowest BCUT2D eigenvalue weighted by Crippen LogP contribution is -2.18. The van der Waals surface area contributed by atoms with Crippen LogP contribution in [0.5, 0.6) is 11.5 Å². The van der Waals surface area contributed by atoms with E-state index in [1.807, 2.05) is 36.4 Å². The number of carbonyl (C=O) groups is 1. The molecule has 0 spiro atoms. The van der Waals surface area contributed by atoms with Crippen LogP contribution in [0, 0.1) is 0 Å². The van der Waals surface area contributed by atoms with Crippen LogP contribution in [0.25, 0.3) is 0 Å². The fraction of sp³-hybridized carbons (Fsp3) is 0.188. The molecule has 1 heterocycles. The van der Waals surface area contributed by atoms with Gasteiger partial charge in [-0.3, -0.25) is 4.79 Å². The molecule has 20 heavy (non-hydrogen) atoms. The van der Waals surface area contributed by atoms with E-state index in [-0.39, 0.29) is 5.78 Å². The number of fused-ring (bicyclic) bond motifs is 1. The highest BCUT2D eigenvalue weighted by molar-refractivity contribution is 9.10. The molecule has 3 rings (SSSR count). The molecule has 4 heteroatoms. The number of hydrogen-bond acceptors (Lipinski definition) is 3. The van der Waals surface area contributed by atoms with Gasteiger partial charge in [-0.25, -0.2) is 0 Å². The smallest absolute Gasteiger partial charge is 0.172 e. The number of hydrogen-bond donors (Lipinski definition) is 0. The number of ether oxygens (including phenoxy) is 2. The van der Waals surface area contributed by atoms with Crippen molar-refractivity contribution < 1.29 is 14.3 Å². The predicted octanol–water partition coefficient (Wildman–Crippen LogP) is 3.65. The van der Waals surface area contributed by atoms with Crippen molar-refractivity contribution >= 4 is 21.7 Å². The van der Waals surface area contributed by atoms with Crippen LogP contribution < -0.4 is 9.47 Å². The third-order valence-corrected chi connectivity index (χ3v) is 3.67. The molecule has 1 aliphatic rings. The number of carbonyl (C=O) groups excluding carboxylic acids is 1. The Hall–Kier alpha value is -1.81. The minimum atomic E-state index is 0.0367. The monoisotopic (exact) mass is 332 g/mol. The number of benzene rings is 2. The summed E-state index contributed by atoms with van der Waals surface area (Å²) < 4.78 is 12.1. The summed E-state index contributed by atoms with van der Waals surface area (Å²) in [4.78, 5) is 12.4. The van der Waals surface area contributed by atoms with E-state index in [9.17, 15) is 4.79 Å². The predicted molar refractivity (Wildman–Crippen MR) is 79.6 cm³/mol. The molecule has 0 N–H and O–H groups in total. The summed E-state index contributed by atoms with van der Waals surface area (Å²) in [5.41, 5.74) is 1.57. The summed E-state index contributed by atoms with van der Waals surface area (Å²) in [7, 11) is 0. The average Bonchev–Trinajstić information content (AvgIpc) is 2.49. The van der Waals surface area contributed by atoms with Crippen molar-refractivity contribution in [3.63, 3.8) is 0 Å². The molecule has 0 atom stereocenters. The third-order valence-electron chi connectivity index (χ3n) is 3.14. The summed E-state index contributed by atoms with van der Waals surface area (Å²) in [6.45, 7) is 1.01. The molecule has 0 amide bonds. The maximum atomic E-state index is 12.4. The summed E-state index contributed by atoms with van der Waals surface area (Å²) >= 11 is 3.38. The maximum absolute atomic E-state index is 12.4. The number of ketones is 1. The quantitative estimate of drug-likeness (QED) is 0.805. The van der Waals surface area contributed by atoms with Gasteiger partial charge in [-0.15, -0.1) is 0 Å². The van der Waals surface area contributed by atoms with E-state index in [1.54, 1.807) is 6.07 Å². The molecule has 1 aliphatic heterocycles. The van der Waals surface area contributed by atoms with Crippen LogP contribution in [-0.4, -0.2) is 19.0 Å². The molecule has 2 aromatic rings. The highest BCUT2D eigenvalue weighted by atomic mass is 79.9. The SMILES string of the molecule is O=C(Cc1ccc(Br)cc1)c1cccc2c1OCCO2. The van der Waals surface area contributed by atoms with Gasteiger partial charge >= 0.3 is 0 Å². The van der Waals surface area contributed by atoms with E-state index >= 15 is 0 Å². The molecule has 0 saturated heterocycles. The summed E-state index contributed by atoms with van der Waals surface area (Å²) in [6.07, 6.45) is 0.354. The molecule has 2 aromatic carbocycles. The Morgan fingerprint density at radius 3 is 2.60 bits per heavy atom. The first-order valence-corrected chi connectivity index (χ1v) is 7.19. The van der Waals surface area contributed by atoms with Crippen molar-refractivity contribution in [2.75, 3.05) is 13.2 Å². The highest BCUT2D eigenvalue weighted by Gasteiger charge is 2.20. The molecule has 0 aromatic heterocycles. The summed E-state index contributed by atoms with van der Waals surface area (Å²) in [6, 6.07) is 13.2. The van der Waals surface area contributed by atoms with Crippen molar-refractivity contribution in [1.29, 1.82) is 0 Å². The Morgan fingerprint density at radius 1 is 1.05 bits per heavy atom. The minimum Gasteiger partial charge on any atom is -0.486 e. The van der Waals surface area contributed by atoms with Crippen LogP contribution in [0.3, 0.4) is 0 Å². The van der Waals surface area contributed by atoms with Gasteiger partial charge in [-0.1, -0.05) is 34.1 Å². The summed E-state index contributed by atoms with van der Waals surface area (Å²) in [5.74, 6) is 1.26. The molecule has 0 bridgehead atoms. The van der Waals surface area contributed by atoms with Crippen molar-refractivity contribution in [2.24, 2.45) is 0 Å². The van der Waals surface area contributed by atoms with E-state index in [1.165, 1.54) is 0 Å².